The number of rotatable bonds is 6. The van der Waals surface area contributed by atoms with Crippen LogP contribution in [0, 0.1) is 23.2 Å². The van der Waals surface area contributed by atoms with E-state index in [4.69, 9.17) is 5.26 Å². The van der Waals surface area contributed by atoms with E-state index in [2.05, 4.69) is 32.0 Å². The van der Waals surface area contributed by atoms with E-state index in [1.54, 1.807) is 0 Å². The molecular formula is C20H29N. The summed E-state index contributed by atoms with van der Waals surface area (Å²) in [5.41, 5.74) is 2.21. The monoisotopic (exact) mass is 283 g/mol. The summed E-state index contributed by atoms with van der Waals surface area (Å²) in [4.78, 5) is 0. The third kappa shape index (κ3) is 4.60. The smallest absolute Gasteiger partial charge is 0.0991 e. The van der Waals surface area contributed by atoms with Gasteiger partial charge in [-0.1, -0.05) is 58.1 Å². The number of nitriles is 1. The molecule has 1 aromatic rings. The van der Waals surface area contributed by atoms with Crippen molar-refractivity contribution in [3.8, 4) is 6.07 Å². The van der Waals surface area contributed by atoms with Gasteiger partial charge >= 0.3 is 0 Å². The summed E-state index contributed by atoms with van der Waals surface area (Å²) in [5.74, 6) is 2.50. The van der Waals surface area contributed by atoms with Crippen molar-refractivity contribution in [2.24, 2.45) is 11.8 Å². The van der Waals surface area contributed by atoms with Crippen molar-refractivity contribution in [3.63, 3.8) is 0 Å². The Morgan fingerprint density at radius 3 is 2.48 bits per heavy atom. The molecule has 1 saturated carbocycles. The van der Waals surface area contributed by atoms with Gasteiger partial charge in [0.1, 0.15) is 0 Å². The van der Waals surface area contributed by atoms with Gasteiger partial charge in [-0.15, -0.1) is 0 Å². The van der Waals surface area contributed by atoms with Crippen molar-refractivity contribution in [2.45, 2.75) is 71.1 Å². The van der Waals surface area contributed by atoms with Crippen LogP contribution in [0.2, 0.25) is 0 Å². The van der Waals surface area contributed by atoms with Crippen molar-refractivity contribution in [1.29, 1.82) is 5.26 Å². The van der Waals surface area contributed by atoms with Gasteiger partial charge in [0.15, 0.2) is 0 Å². The fraction of sp³-hybridized carbons (Fsp3) is 0.650. The second-order valence-electron chi connectivity index (χ2n) is 6.83. The first-order chi connectivity index (χ1) is 10.2. The van der Waals surface area contributed by atoms with Gasteiger partial charge < -0.3 is 0 Å². The van der Waals surface area contributed by atoms with Crippen molar-refractivity contribution in [1.82, 2.24) is 0 Å². The predicted molar refractivity (Wildman–Crippen MR) is 89.2 cm³/mol. The maximum absolute atomic E-state index is 8.89. The molecule has 1 fully saturated rings. The van der Waals surface area contributed by atoms with E-state index in [0.29, 0.717) is 5.92 Å². The highest BCUT2D eigenvalue weighted by atomic mass is 14.3. The van der Waals surface area contributed by atoms with Gasteiger partial charge in [0, 0.05) is 0 Å². The van der Waals surface area contributed by atoms with Gasteiger partial charge in [0.05, 0.1) is 11.6 Å². The lowest BCUT2D eigenvalue weighted by Gasteiger charge is -2.34. The lowest BCUT2D eigenvalue weighted by atomic mass is 9.71. The normalized spacial score (nSPS) is 25.5. The van der Waals surface area contributed by atoms with Crippen molar-refractivity contribution < 1.29 is 0 Å². The Morgan fingerprint density at radius 2 is 1.86 bits per heavy atom. The Morgan fingerprint density at radius 1 is 1.10 bits per heavy atom. The molecule has 2 rings (SSSR count). The molecule has 1 aliphatic carbocycles. The zero-order chi connectivity index (χ0) is 15.1. The lowest BCUT2D eigenvalue weighted by Crippen LogP contribution is -2.22. The molecule has 0 saturated heterocycles. The SMILES string of the molecule is CCCCCCC1CCC(c2ccc(C#N)cc2)CC1C. The minimum atomic E-state index is 0.708. The largest absolute Gasteiger partial charge is 0.192 e. The van der Waals surface area contributed by atoms with Gasteiger partial charge in [-0.3, -0.25) is 0 Å². The number of benzene rings is 1. The second kappa shape index (κ2) is 8.23. The molecule has 1 aromatic carbocycles. The molecule has 1 aliphatic rings. The molecule has 0 aliphatic heterocycles. The zero-order valence-electron chi connectivity index (χ0n) is 13.6. The number of nitrogens with zero attached hydrogens (tertiary/aromatic N) is 1. The van der Waals surface area contributed by atoms with Gasteiger partial charge in [0.25, 0.3) is 0 Å². The average molecular weight is 283 g/mol. The first kappa shape index (κ1) is 16.1. The molecule has 0 spiro atoms. The quantitative estimate of drug-likeness (QED) is 0.583. The summed E-state index contributed by atoms with van der Waals surface area (Å²) in [5, 5.41) is 8.89. The van der Waals surface area contributed by atoms with Crippen LogP contribution in [0.3, 0.4) is 0 Å². The van der Waals surface area contributed by atoms with Crippen LogP contribution in [-0.4, -0.2) is 0 Å². The van der Waals surface area contributed by atoms with Crippen LogP contribution in [-0.2, 0) is 0 Å². The molecule has 3 atom stereocenters. The van der Waals surface area contributed by atoms with Crippen LogP contribution in [0.15, 0.2) is 24.3 Å². The van der Waals surface area contributed by atoms with Crippen LogP contribution in [0.1, 0.15) is 82.3 Å². The Kier molecular flexibility index (Phi) is 6.30. The zero-order valence-corrected chi connectivity index (χ0v) is 13.6. The number of hydrogen-bond acceptors (Lipinski definition) is 1. The summed E-state index contributed by atoms with van der Waals surface area (Å²) >= 11 is 0. The Labute approximate surface area is 130 Å². The molecule has 3 unspecified atom stereocenters. The van der Waals surface area contributed by atoms with E-state index in [1.165, 1.54) is 56.9 Å². The van der Waals surface area contributed by atoms with Crippen molar-refractivity contribution >= 4 is 0 Å². The minimum Gasteiger partial charge on any atom is -0.192 e. The molecule has 114 valence electrons. The fourth-order valence-corrected chi connectivity index (χ4v) is 3.85. The predicted octanol–water partition coefficient (Wildman–Crippen LogP) is 6.05. The highest BCUT2D eigenvalue weighted by Gasteiger charge is 2.27. The maximum atomic E-state index is 8.89. The number of unbranched alkanes of at least 4 members (excludes halogenated alkanes) is 3. The molecule has 0 radical (unpaired) electrons. The molecular weight excluding hydrogens is 254 g/mol. The molecule has 0 amide bonds. The fourth-order valence-electron chi connectivity index (χ4n) is 3.85. The van der Waals surface area contributed by atoms with Crippen LogP contribution in [0.4, 0.5) is 0 Å². The molecule has 0 heterocycles. The van der Waals surface area contributed by atoms with Crippen molar-refractivity contribution in [2.75, 3.05) is 0 Å². The maximum Gasteiger partial charge on any atom is 0.0991 e. The molecule has 21 heavy (non-hydrogen) atoms. The van der Waals surface area contributed by atoms with Crippen LogP contribution in [0.5, 0.6) is 0 Å². The average Bonchev–Trinajstić information content (AvgIpc) is 2.53. The van der Waals surface area contributed by atoms with Gasteiger partial charge in [-0.25, -0.2) is 0 Å². The standard InChI is InChI=1S/C20H29N/c1-3-4-5-6-7-18-12-13-20(14-16(18)2)19-10-8-17(15-21)9-11-19/h8-11,16,18,20H,3-7,12-14H2,1-2H3. The van der Waals surface area contributed by atoms with E-state index < -0.39 is 0 Å². The first-order valence-corrected chi connectivity index (χ1v) is 8.74. The topological polar surface area (TPSA) is 23.8 Å². The third-order valence-electron chi connectivity index (χ3n) is 5.29. The van der Waals surface area contributed by atoms with Crippen LogP contribution >= 0.6 is 0 Å². The van der Waals surface area contributed by atoms with Gasteiger partial charge in [-0.2, -0.15) is 5.26 Å². The van der Waals surface area contributed by atoms with E-state index in [0.717, 1.165) is 17.4 Å². The van der Waals surface area contributed by atoms with Crippen LogP contribution < -0.4 is 0 Å². The second-order valence-corrected chi connectivity index (χ2v) is 6.83. The molecule has 1 nitrogen and oxygen atoms in total. The van der Waals surface area contributed by atoms with Gasteiger partial charge in [-0.05, 0) is 54.7 Å². The summed E-state index contributed by atoms with van der Waals surface area (Å²) < 4.78 is 0. The van der Waals surface area contributed by atoms with Crippen LogP contribution in [0.25, 0.3) is 0 Å². The van der Waals surface area contributed by atoms with E-state index in [-0.39, 0.29) is 0 Å². The summed E-state index contributed by atoms with van der Waals surface area (Å²) in [6.07, 6.45) is 11.0. The Bertz CT molecular complexity index is 454. The van der Waals surface area contributed by atoms with E-state index in [9.17, 15) is 0 Å². The molecule has 1 heteroatoms. The third-order valence-corrected chi connectivity index (χ3v) is 5.29. The first-order valence-electron chi connectivity index (χ1n) is 8.74. The number of hydrogen-bond donors (Lipinski definition) is 0. The van der Waals surface area contributed by atoms with E-state index >= 15 is 0 Å². The van der Waals surface area contributed by atoms with Gasteiger partial charge in [0.2, 0.25) is 0 Å². The Balaban J connectivity index is 1.83. The highest BCUT2D eigenvalue weighted by molar-refractivity contribution is 5.33. The lowest BCUT2D eigenvalue weighted by molar-refractivity contribution is 0.215. The highest BCUT2D eigenvalue weighted by Crippen LogP contribution is 2.41. The molecule has 0 bridgehead atoms. The summed E-state index contributed by atoms with van der Waals surface area (Å²) in [7, 11) is 0. The molecule has 0 aromatic heterocycles. The van der Waals surface area contributed by atoms with E-state index in [1.807, 2.05) is 12.1 Å². The Hall–Kier alpha value is -1.29. The summed E-state index contributed by atoms with van der Waals surface area (Å²) in [6.45, 7) is 4.73. The minimum absolute atomic E-state index is 0.708. The molecule has 0 N–H and O–H groups in total. The summed E-state index contributed by atoms with van der Waals surface area (Å²) in [6, 6.07) is 10.5. The van der Waals surface area contributed by atoms with Crippen molar-refractivity contribution in [3.05, 3.63) is 35.4 Å².